The number of nitrogens with one attached hydrogen (secondary N) is 2. The van der Waals surface area contributed by atoms with Gasteiger partial charge in [0.15, 0.2) is 0 Å². The second-order valence-corrected chi connectivity index (χ2v) is 9.55. The number of hydrogen-bond donors (Lipinski definition) is 3. The Morgan fingerprint density at radius 1 is 1.09 bits per heavy atom. The summed E-state index contributed by atoms with van der Waals surface area (Å²) in [5.74, 6) is -0.733. The third kappa shape index (κ3) is 4.81. The van der Waals surface area contributed by atoms with Crippen LogP contribution in [0.3, 0.4) is 0 Å². The average Bonchev–Trinajstić information content (AvgIpc) is 2.84. The molecule has 4 N–H and O–H groups in total. The molecule has 9 nitrogen and oxygen atoms in total. The van der Waals surface area contributed by atoms with Gasteiger partial charge in [-0.1, -0.05) is 36.2 Å². The SMILES string of the molecule is COC(=O)C1=C(CN2CCC(C(N)=O)(N3CCCCC3)CC2)NC(=O)N[C@H]1c1ccc(C)cc1. The van der Waals surface area contributed by atoms with Gasteiger partial charge in [0.25, 0.3) is 0 Å². The first-order valence-electron chi connectivity index (χ1n) is 12.1. The van der Waals surface area contributed by atoms with Crippen LogP contribution in [0.1, 0.15) is 49.3 Å². The van der Waals surface area contributed by atoms with E-state index in [9.17, 15) is 14.4 Å². The monoisotopic (exact) mass is 469 g/mol. The number of aryl methyl sites for hydroxylation is 1. The fourth-order valence-electron chi connectivity index (χ4n) is 5.45. The summed E-state index contributed by atoms with van der Waals surface area (Å²) in [6.07, 6.45) is 4.65. The molecular weight excluding hydrogens is 434 g/mol. The molecule has 1 atom stereocenters. The van der Waals surface area contributed by atoms with Gasteiger partial charge in [-0.2, -0.15) is 0 Å². The quantitative estimate of drug-likeness (QED) is 0.545. The van der Waals surface area contributed by atoms with Crippen molar-refractivity contribution in [3.63, 3.8) is 0 Å². The minimum absolute atomic E-state index is 0.252. The Morgan fingerprint density at radius 3 is 2.32 bits per heavy atom. The third-order valence-corrected chi connectivity index (χ3v) is 7.45. The molecule has 2 saturated heterocycles. The molecule has 0 saturated carbocycles. The molecular formula is C25H35N5O4. The standard InChI is InChI=1S/C25H35N5O4/c1-17-6-8-18(9-7-17)21-20(22(31)34-2)19(27-24(33)28-21)16-29-14-10-25(11-15-29,23(26)32)30-12-4-3-5-13-30/h6-9,21H,3-5,10-16H2,1-2H3,(H2,26,32)(H2,27,28,33)/t21-/m0/s1. The molecule has 0 unspecified atom stereocenters. The number of carbonyl (C=O) groups excluding carboxylic acids is 3. The number of carbonyl (C=O) groups is 3. The molecule has 0 bridgehead atoms. The first kappa shape index (κ1) is 24.2. The molecule has 3 aliphatic rings. The molecule has 1 aromatic rings. The predicted octanol–water partition coefficient (Wildman–Crippen LogP) is 1.58. The number of nitrogens with zero attached hydrogens (tertiary/aromatic N) is 2. The average molecular weight is 470 g/mol. The minimum Gasteiger partial charge on any atom is -0.466 e. The van der Waals surface area contributed by atoms with E-state index >= 15 is 0 Å². The largest absolute Gasteiger partial charge is 0.466 e. The van der Waals surface area contributed by atoms with E-state index in [2.05, 4.69) is 20.4 Å². The molecule has 1 aromatic carbocycles. The first-order chi connectivity index (χ1) is 16.3. The number of benzene rings is 1. The molecule has 0 aliphatic carbocycles. The lowest BCUT2D eigenvalue weighted by Gasteiger charge is -2.48. The predicted molar refractivity (Wildman–Crippen MR) is 128 cm³/mol. The zero-order valence-corrected chi connectivity index (χ0v) is 20.1. The molecule has 0 spiro atoms. The smallest absolute Gasteiger partial charge is 0.338 e. The van der Waals surface area contributed by atoms with Crippen molar-refractivity contribution in [2.24, 2.45) is 5.73 Å². The Balaban J connectivity index is 1.56. The molecule has 184 valence electrons. The van der Waals surface area contributed by atoms with Gasteiger partial charge in [-0.3, -0.25) is 14.6 Å². The normalized spacial score (nSPS) is 23.7. The van der Waals surface area contributed by atoms with Crippen molar-refractivity contribution >= 4 is 17.9 Å². The third-order valence-electron chi connectivity index (χ3n) is 7.45. The van der Waals surface area contributed by atoms with E-state index in [1.807, 2.05) is 31.2 Å². The van der Waals surface area contributed by atoms with Gasteiger partial charge in [0.2, 0.25) is 5.91 Å². The molecule has 3 amide bonds. The van der Waals surface area contributed by atoms with E-state index in [0.717, 1.165) is 37.1 Å². The molecule has 34 heavy (non-hydrogen) atoms. The Hall–Kier alpha value is -2.91. The summed E-state index contributed by atoms with van der Waals surface area (Å²) in [7, 11) is 1.34. The van der Waals surface area contributed by atoms with Gasteiger partial charge >= 0.3 is 12.0 Å². The van der Waals surface area contributed by atoms with Crippen molar-refractivity contribution in [2.45, 2.75) is 50.6 Å². The number of primary amides is 1. The van der Waals surface area contributed by atoms with Gasteiger partial charge in [-0.25, -0.2) is 9.59 Å². The molecule has 0 aromatic heterocycles. The van der Waals surface area contributed by atoms with Crippen LogP contribution >= 0.6 is 0 Å². The van der Waals surface area contributed by atoms with Crippen molar-refractivity contribution in [1.82, 2.24) is 20.4 Å². The van der Waals surface area contributed by atoms with Crippen LogP contribution in [-0.4, -0.2) is 73.1 Å². The number of rotatable bonds is 6. The summed E-state index contributed by atoms with van der Waals surface area (Å²) in [6.45, 7) is 5.47. The highest BCUT2D eigenvalue weighted by molar-refractivity contribution is 5.95. The molecule has 3 heterocycles. The van der Waals surface area contributed by atoms with Gasteiger partial charge in [0, 0.05) is 25.3 Å². The maximum Gasteiger partial charge on any atom is 0.338 e. The van der Waals surface area contributed by atoms with E-state index in [0.29, 0.717) is 43.7 Å². The van der Waals surface area contributed by atoms with Crippen molar-refractivity contribution in [3.8, 4) is 0 Å². The highest BCUT2D eigenvalue weighted by Gasteiger charge is 2.45. The summed E-state index contributed by atoms with van der Waals surface area (Å²) in [5, 5.41) is 5.69. The fourth-order valence-corrected chi connectivity index (χ4v) is 5.45. The summed E-state index contributed by atoms with van der Waals surface area (Å²) < 4.78 is 5.09. The van der Waals surface area contributed by atoms with Crippen LogP contribution < -0.4 is 16.4 Å². The van der Waals surface area contributed by atoms with Crippen LogP contribution in [-0.2, 0) is 14.3 Å². The van der Waals surface area contributed by atoms with Crippen LogP contribution in [0.15, 0.2) is 35.5 Å². The Labute approximate surface area is 200 Å². The number of esters is 1. The molecule has 4 rings (SSSR count). The Morgan fingerprint density at radius 2 is 1.74 bits per heavy atom. The highest BCUT2D eigenvalue weighted by atomic mass is 16.5. The number of methoxy groups -OCH3 is 1. The summed E-state index contributed by atoms with van der Waals surface area (Å²) >= 11 is 0. The second-order valence-electron chi connectivity index (χ2n) is 9.55. The Bertz CT molecular complexity index is 960. The lowest BCUT2D eigenvalue weighted by atomic mass is 9.83. The fraction of sp³-hybridized carbons (Fsp3) is 0.560. The van der Waals surface area contributed by atoms with Gasteiger partial charge in [-0.05, 0) is 51.3 Å². The topological polar surface area (TPSA) is 117 Å². The van der Waals surface area contributed by atoms with Crippen LogP contribution in [0.4, 0.5) is 4.79 Å². The number of ether oxygens (including phenoxy) is 1. The van der Waals surface area contributed by atoms with Crippen LogP contribution in [0, 0.1) is 6.92 Å². The van der Waals surface area contributed by atoms with Crippen molar-refractivity contribution in [1.29, 1.82) is 0 Å². The van der Waals surface area contributed by atoms with E-state index in [4.69, 9.17) is 10.5 Å². The van der Waals surface area contributed by atoms with Crippen molar-refractivity contribution in [2.75, 3.05) is 39.8 Å². The van der Waals surface area contributed by atoms with Gasteiger partial charge in [0.1, 0.15) is 5.54 Å². The second kappa shape index (κ2) is 10.1. The lowest BCUT2D eigenvalue weighted by molar-refractivity contribution is -0.136. The number of likely N-dealkylation sites (tertiary alicyclic amines) is 2. The molecule has 3 aliphatic heterocycles. The molecule has 9 heteroatoms. The number of urea groups is 1. The van der Waals surface area contributed by atoms with Gasteiger partial charge < -0.3 is 21.1 Å². The zero-order valence-electron chi connectivity index (χ0n) is 20.1. The summed E-state index contributed by atoms with van der Waals surface area (Å²) in [4.78, 5) is 42.3. The van der Waals surface area contributed by atoms with E-state index < -0.39 is 17.6 Å². The maximum atomic E-state index is 12.8. The Kier molecular flexibility index (Phi) is 7.23. The number of amides is 3. The van der Waals surface area contributed by atoms with Crippen LogP contribution in [0.5, 0.6) is 0 Å². The maximum absolute atomic E-state index is 12.8. The lowest BCUT2D eigenvalue weighted by Crippen LogP contribution is -2.63. The van der Waals surface area contributed by atoms with Crippen LogP contribution in [0.2, 0.25) is 0 Å². The molecule has 0 radical (unpaired) electrons. The molecule has 2 fully saturated rings. The van der Waals surface area contributed by atoms with Crippen molar-refractivity contribution in [3.05, 3.63) is 46.7 Å². The number of hydrogen-bond acceptors (Lipinski definition) is 6. The van der Waals surface area contributed by atoms with Crippen LogP contribution in [0.25, 0.3) is 0 Å². The highest BCUT2D eigenvalue weighted by Crippen LogP contribution is 2.33. The number of piperidine rings is 2. The van der Waals surface area contributed by atoms with Crippen molar-refractivity contribution < 1.29 is 19.1 Å². The van der Waals surface area contributed by atoms with Gasteiger partial charge in [0.05, 0.1) is 18.7 Å². The minimum atomic E-state index is -0.613. The summed E-state index contributed by atoms with van der Waals surface area (Å²) in [5.41, 5.74) is 8.14. The van der Waals surface area contributed by atoms with E-state index in [-0.39, 0.29) is 11.9 Å². The van der Waals surface area contributed by atoms with E-state index in [1.165, 1.54) is 13.5 Å². The van der Waals surface area contributed by atoms with E-state index in [1.54, 1.807) is 0 Å². The zero-order chi connectivity index (χ0) is 24.3. The first-order valence-corrected chi connectivity index (χ1v) is 12.1. The number of nitrogens with two attached hydrogens (primary N) is 1. The summed E-state index contributed by atoms with van der Waals surface area (Å²) in [6, 6.07) is 6.77. The van der Waals surface area contributed by atoms with Gasteiger partial charge in [-0.15, -0.1) is 0 Å².